The van der Waals surface area contributed by atoms with Crippen LogP contribution in [0.4, 0.5) is 0 Å². The predicted molar refractivity (Wildman–Crippen MR) is 62.8 cm³/mol. The van der Waals surface area contributed by atoms with Crippen molar-refractivity contribution in [3.05, 3.63) is 0 Å². The average molecular weight is 210 g/mol. The Labute approximate surface area is 93.9 Å². The van der Waals surface area contributed by atoms with E-state index < -0.39 is 0 Å². The van der Waals surface area contributed by atoms with Gasteiger partial charge < -0.3 is 9.31 Å². The van der Waals surface area contributed by atoms with Crippen molar-refractivity contribution in [3.63, 3.8) is 0 Å². The Morgan fingerprint density at radius 3 is 2.60 bits per heavy atom. The first kappa shape index (κ1) is 11.5. The third kappa shape index (κ3) is 1.85. The molecule has 0 aromatic carbocycles. The molecule has 0 aromatic heterocycles. The standard InChI is InChI=1S/C12H23BO2/c1-6-13-14-10-7-9(2)11(3,4)8-12(10,5)15-13/h9-10H,6-8H2,1-5H3/t9-,10+,12-/m0/s1. The number of rotatable bonds is 1. The minimum Gasteiger partial charge on any atom is -0.405 e. The molecular weight excluding hydrogens is 187 g/mol. The van der Waals surface area contributed by atoms with Crippen LogP contribution in [-0.4, -0.2) is 18.8 Å². The first-order chi connectivity index (χ1) is 6.87. The number of fused-ring (bicyclic) bond motifs is 1. The maximum absolute atomic E-state index is 6.06. The molecule has 15 heavy (non-hydrogen) atoms. The van der Waals surface area contributed by atoms with Gasteiger partial charge in [-0.25, -0.2) is 0 Å². The molecule has 2 fully saturated rings. The van der Waals surface area contributed by atoms with Gasteiger partial charge in [0.2, 0.25) is 0 Å². The minimum atomic E-state index is -0.0450. The second-order valence-corrected chi connectivity index (χ2v) is 6.20. The van der Waals surface area contributed by atoms with Crippen LogP contribution in [0, 0.1) is 11.3 Å². The molecule has 0 unspecified atom stereocenters. The molecule has 1 saturated carbocycles. The third-order valence-corrected chi connectivity index (χ3v) is 4.44. The molecule has 0 aromatic rings. The summed E-state index contributed by atoms with van der Waals surface area (Å²) < 4.78 is 12.0. The maximum Gasteiger partial charge on any atom is 0.457 e. The molecule has 3 heteroatoms. The first-order valence-corrected chi connectivity index (χ1v) is 6.20. The van der Waals surface area contributed by atoms with Crippen LogP contribution in [0.15, 0.2) is 0 Å². The van der Waals surface area contributed by atoms with Crippen molar-refractivity contribution in [2.24, 2.45) is 11.3 Å². The van der Waals surface area contributed by atoms with Crippen molar-refractivity contribution in [2.75, 3.05) is 0 Å². The lowest BCUT2D eigenvalue weighted by atomic mass is 9.63. The van der Waals surface area contributed by atoms with Gasteiger partial charge in [0.1, 0.15) is 0 Å². The van der Waals surface area contributed by atoms with Gasteiger partial charge in [-0.3, -0.25) is 0 Å². The van der Waals surface area contributed by atoms with Crippen molar-refractivity contribution in [1.29, 1.82) is 0 Å². The lowest BCUT2D eigenvalue weighted by Gasteiger charge is -2.47. The maximum atomic E-state index is 6.06. The molecule has 1 saturated heterocycles. The quantitative estimate of drug-likeness (QED) is 0.619. The van der Waals surface area contributed by atoms with Crippen LogP contribution in [0.2, 0.25) is 6.32 Å². The monoisotopic (exact) mass is 210 g/mol. The fourth-order valence-electron chi connectivity index (χ4n) is 3.09. The van der Waals surface area contributed by atoms with Gasteiger partial charge in [0.05, 0.1) is 11.7 Å². The molecule has 1 aliphatic carbocycles. The summed E-state index contributed by atoms with van der Waals surface area (Å²) in [5.74, 6) is 0.717. The summed E-state index contributed by atoms with van der Waals surface area (Å²) in [5, 5.41) is 0. The molecule has 2 rings (SSSR count). The van der Waals surface area contributed by atoms with E-state index in [4.69, 9.17) is 9.31 Å². The average Bonchev–Trinajstić information content (AvgIpc) is 2.41. The van der Waals surface area contributed by atoms with Gasteiger partial charge in [-0.05, 0) is 37.4 Å². The molecule has 86 valence electrons. The highest BCUT2D eigenvalue weighted by Gasteiger charge is 2.54. The molecule has 0 radical (unpaired) electrons. The largest absolute Gasteiger partial charge is 0.457 e. The molecule has 1 aliphatic heterocycles. The topological polar surface area (TPSA) is 18.5 Å². The predicted octanol–water partition coefficient (Wildman–Crippen LogP) is 3.12. The minimum absolute atomic E-state index is 0.0288. The summed E-state index contributed by atoms with van der Waals surface area (Å²) >= 11 is 0. The van der Waals surface area contributed by atoms with Crippen molar-refractivity contribution in [2.45, 2.75) is 65.5 Å². The van der Waals surface area contributed by atoms with Gasteiger partial charge in [-0.1, -0.05) is 27.7 Å². The van der Waals surface area contributed by atoms with Crippen LogP contribution in [0.3, 0.4) is 0 Å². The van der Waals surface area contributed by atoms with Crippen LogP contribution in [0.25, 0.3) is 0 Å². The van der Waals surface area contributed by atoms with Gasteiger partial charge in [-0.2, -0.15) is 0 Å². The Kier molecular flexibility index (Phi) is 2.67. The van der Waals surface area contributed by atoms with Crippen molar-refractivity contribution < 1.29 is 9.31 Å². The normalized spacial score (nSPS) is 44.2. The van der Waals surface area contributed by atoms with Gasteiger partial charge in [0.25, 0.3) is 0 Å². The highest BCUT2D eigenvalue weighted by Crippen LogP contribution is 2.50. The van der Waals surface area contributed by atoms with E-state index in [1.807, 2.05) is 0 Å². The summed E-state index contributed by atoms with van der Waals surface area (Å²) in [6.45, 7) is 11.4. The highest BCUT2D eigenvalue weighted by atomic mass is 16.7. The van der Waals surface area contributed by atoms with E-state index in [2.05, 4.69) is 34.6 Å². The Hall–Kier alpha value is -0.0151. The molecule has 3 atom stereocenters. The lowest BCUT2D eigenvalue weighted by molar-refractivity contribution is -0.0575. The van der Waals surface area contributed by atoms with Crippen LogP contribution >= 0.6 is 0 Å². The Bertz CT molecular complexity index is 254. The smallest absolute Gasteiger partial charge is 0.405 e. The van der Waals surface area contributed by atoms with Crippen molar-refractivity contribution >= 4 is 7.12 Å². The molecule has 2 nitrogen and oxygen atoms in total. The molecule has 0 N–H and O–H groups in total. The SMILES string of the molecule is CCB1O[C@@H]2C[C@H](C)C(C)(C)C[C@]2(C)O1. The van der Waals surface area contributed by atoms with Crippen LogP contribution in [0.1, 0.15) is 47.5 Å². The second-order valence-electron chi connectivity index (χ2n) is 6.20. The van der Waals surface area contributed by atoms with Crippen LogP contribution in [0.5, 0.6) is 0 Å². The molecule has 2 aliphatic rings. The van der Waals surface area contributed by atoms with E-state index in [0.29, 0.717) is 11.5 Å². The van der Waals surface area contributed by atoms with E-state index in [1.165, 1.54) is 0 Å². The highest BCUT2D eigenvalue weighted by molar-refractivity contribution is 6.45. The Balaban J connectivity index is 2.16. The van der Waals surface area contributed by atoms with E-state index >= 15 is 0 Å². The molecule has 1 heterocycles. The molecule has 0 spiro atoms. The summed E-state index contributed by atoms with van der Waals surface area (Å²) in [7, 11) is 0.0288. The lowest BCUT2D eigenvalue weighted by Crippen LogP contribution is -2.49. The molecular formula is C12H23BO2. The summed E-state index contributed by atoms with van der Waals surface area (Å²) in [6, 6.07) is 0. The van der Waals surface area contributed by atoms with E-state index in [0.717, 1.165) is 25.1 Å². The van der Waals surface area contributed by atoms with Gasteiger partial charge in [0, 0.05) is 0 Å². The zero-order valence-electron chi connectivity index (χ0n) is 10.7. The number of hydrogen-bond donors (Lipinski definition) is 0. The fraction of sp³-hybridized carbons (Fsp3) is 1.00. The van der Waals surface area contributed by atoms with Gasteiger partial charge >= 0.3 is 7.12 Å². The summed E-state index contributed by atoms with van der Waals surface area (Å²) in [6.07, 6.45) is 3.52. The Morgan fingerprint density at radius 1 is 1.33 bits per heavy atom. The van der Waals surface area contributed by atoms with Crippen molar-refractivity contribution in [3.8, 4) is 0 Å². The third-order valence-electron chi connectivity index (χ3n) is 4.44. The zero-order valence-corrected chi connectivity index (χ0v) is 10.7. The van der Waals surface area contributed by atoms with E-state index in [1.54, 1.807) is 0 Å². The Morgan fingerprint density at radius 2 is 2.00 bits per heavy atom. The second kappa shape index (κ2) is 3.49. The van der Waals surface area contributed by atoms with Gasteiger partial charge in [0.15, 0.2) is 0 Å². The zero-order chi connectivity index (χ0) is 11.3. The van der Waals surface area contributed by atoms with E-state index in [-0.39, 0.29) is 12.7 Å². The van der Waals surface area contributed by atoms with Crippen molar-refractivity contribution in [1.82, 2.24) is 0 Å². The van der Waals surface area contributed by atoms with Crippen LogP contribution < -0.4 is 0 Å². The first-order valence-electron chi connectivity index (χ1n) is 6.20. The summed E-state index contributed by atoms with van der Waals surface area (Å²) in [4.78, 5) is 0. The van der Waals surface area contributed by atoms with Gasteiger partial charge in [-0.15, -0.1) is 0 Å². The van der Waals surface area contributed by atoms with E-state index in [9.17, 15) is 0 Å². The number of hydrogen-bond acceptors (Lipinski definition) is 2. The van der Waals surface area contributed by atoms with Crippen LogP contribution in [-0.2, 0) is 9.31 Å². The molecule has 0 amide bonds. The summed E-state index contributed by atoms with van der Waals surface area (Å²) in [5.41, 5.74) is 0.327. The fourth-order valence-corrected chi connectivity index (χ4v) is 3.09. The molecule has 0 bridgehead atoms.